The predicted octanol–water partition coefficient (Wildman–Crippen LogP) is 2.52. The lowest BCUT2D eigenvalue weighted by molar-refractivity contribution is -0.148. The van der Waals surface area contributed by atoms with Crippen LogP contribution in [-0.4, -0.2) is 154 Å². The number of carbonyl (C=O) groups is 6. The summed E-state index contributed by atoms with van der Waals surface area (Å²) in [6, 6.07) is 28.2. The Kier molecular flexibility index (Phi) is 24.1. The molecule has 4 rings (SSSR count). The molecule has 0 bridgehead atoms. The van der Waals surface area contributed by atoms with Gasteiger partial charge in [-0.05, 0) is 116 Å². The number of methoxy groups -OCH3 is 4. The lowest BCUT2D eigenvalue weighted by Gasteiger charge is -2.32. The van der Waals surface area contributed by atoms with Crippen molar-refractivity contribution < 1.29 is 47.7 Å². The number of primary amides is 1. The number of hydrogen-bond donors (Lipinski definition) is 4. The number of amides is 6. The Labute approximate surface area is 417 Å². The van der Waals surface area contributed by atoms with Crippen LogP contribution < -0.4 is 41.5 Å². The average molecular weight is 982 g/mol. The van der Waals surface area contributed by atoms with Gasteiger partial charge in [-0.15, -0.1) is 0 Å². The number of ether oxygens (including phenoxy) is 4. The first-order valence-corrected chi connectivity index (χ1v) is 23.6. The second kappa shape index (κ2) is 30.4. The van der Waals surface area contributed by atoms with Gasteiger partial charge in [0.1, 0.15) is 42.6 Å². The summed E-state index contributed by atoms with van der Waals surface area (Å²) >= 11 is 0. The van der Waals surface area contributed by atoms with E-state index in [2.05, 4.69) is 5.32 Å². The van der Waals surface area contributed by atoms with Gasteiger partial charge in [0.15, 0.2) is 0 Å². The molecular formula is C52H71N9O10. The zero-order valence-electron chi connectivity index (χ0n) is 41.5. The van der Waals surface area contributed by atoms with Gasteiger partial charge in [0.2, 0.25) is 35.4 Å². The van der Waals surface area contributed by atoms with E-state index in [-0.39, 0.29) is 51.7 Å². The van der Waals surface area contributed by atoms with E-state index in [1.807, 2.05) is 12.1 Å². The molecule has 0 radical (unpaired) electrons. The van der Waals surface area contributed by atoms with Crippen LogP contribution in [0.4, 0.5) is 0 Å². The molecule has 4 aromatic rings. The fourth-order valence-electron chi connectivity index (χ4n) is 7.42. The van der Waals surface area contributed by atoms with Gasteiger partial charge in [-0.2, -0.15) is 0 Å². The summed E-state index contributed by atoms with van der Waals surface area (Å²) in [5.74, 6) is -0.820. The molecule has 7 N–H and O–H groups in total. The minimum absolute atomic E-state index is 0.0109. The first kappa shape index (κ1) is 56.4. The first-order valence-electron chi connectivity index (χ1n) is 23.6. The molecule has 0 saturated heterocycles. The summed E-state index contributed by atoms with van der Waals surface area (Å²) in [6.45, 7) is -0.553. The number of rotatable bonds is 32. The Bertz CT molecular complexity index is 2280. The Balaban J connectivity index is 1.65. The minimum atomic E-state index is -0.742. The van der Waals surface area contributed by atoms with E-state index in [0.29, 0.717) is 72.2 Å². The Morgan fingerprint density at radius 3 is 1.03 bits per heavy atom. The molecule has 19 nitrogen and oxygen atoms in total. The fourth-order valence-corrected chi connectivity index (χ4v) is 7.42. The van der Waals surface area contributed by atoms with E-state index in [1.165, 1.54) is 38.7 Å². The molecule has 0 heterocycles. The van der Waals surface area contributed by atoms with Gasteiger partial charge in [0, 0.05) is 32.7 Å². The van der Waals surface area contributed by atoms with Crippen LogP contribution >= 0.6 is 0 Å². The highest BCUT2D eigenvalue weighted by atomic mass is 16.5. The molecule has 0 aliphatic carbocycles. The smallest absolute Gasteiger partial charge is 0.242 e. The molecule has 71 heavy (non-hydrogen) atoms. The molecule has 0 aliphatic rings. The van der Waals surface area contributed by atoms with Crippen molar-refractivity contribution in [3.8, 4) is 23.0 Å². The maximum absolute atomic E-state index is 14.7. The number of benzene rings is 4. The van der Waals surface area contributed by atoms with Crippen molar-refractivity contribution in [2.24, 2.45) is 17.2 Å². The zero-order chi connectivity index (χ0) is 51.5. The van der Waals surface area contributed by atoms with Crippen LogP contribution in [-0.2, 0) is 54.9 Å². The van der Waals surface area contributed by atoms with Crippen LogP contribution in [0.2, 0.25) is 0 Å². The molecule has 0 saturated carbocycles. The van der Waals surface area contributed by atoms with Gasteiger partial charge in [-0.25, -0.2) is 0 Å². The van der Waals surface area contributed by atoms with Crippen LogP contribution in [0.5, 0.6) is 23.0 Å². The standard InChI is InChI=1S/C52H71N9O10/c1-68-43-17-9-39(10-18-43)30-58(34-47(55)62)51(66)38-61(33-42-15-23-46(71-4)24-16-42)50(65)35-57(28-8-6-26-54)49(64)36-60(32-41-13-21-45(70-3)22-14-41)52(67)37-59(48(63)29-56-27-7-5-25-53)31-40-11-19-44(69-2)20-12-40/h9-24,56H,5-8,25-38,53-54H2,1-4H3,(H2,55,62). The number of nitrogens with one attached hydrogen (secondary N) is 1. The van der Waals surface area contributed by atoms with Gasteiger partial charge in [-0.1, -0.05) is 48.5 Å². The van der Waals surface area contributed by atoms with Gasteiger partial charge in [0.05, 0.1) is 48.1 Å². The number of nitrogens with zero attached hydrogens (tertiary/aromatic N) is 5. The van der Waals surface area contributed by atoms with Gasteiger partial charge >= 0.3 is 0 Å². The Morgan fingerprint density at radius 2 is 0.704 bits per heavy atom. The highest BCUT2D eigenvalue weighted by Crippen LogP contribution is 2.19. The van der Waals surface area contributed by atoms with E-state index in [9.17, 15) is 28.8 Å². The van der Waals surface area contributed by atoms with E-state index < -0.39 is 55.7 Å². The Morgan fingerprint density at radius 1 is 0.408 bits per heavy atom. The lowest BCUT2D eigenvalue weighted by atomic mass is 10.1. The third-order valence-corrected chi connectivity index (χ3v) is 11.5. The number of carbonyl (C=O) groups excluding carboxylic acids is 6. The molecule has 6 amide bonds. The van der Waals surface area contributed by atoms with E-state index in [4.69, 9.17) is 36.1 Å². The lowest BCUT2D eigenvalue weighted by Crippen LogP contribution is -2.51. The van der Waals surface area contributed by atoms with Crippen molar-refractivity contribution >= 4 is 35.4 Å². The van der Waals surface area contributed by atoms with Crippen LogP contribution in [0.3, 0.4) is 0 Å². The second-order valence-corrected chi connectivity index (χ2v) is 16.8. The van der Waals surface area contributed by atoms with Gasteiger partial charge < -0.3 is 66.0 Å². The van der Waals surface area contributed by atoms with Crippen LogP contribution in [0.1, 0.15) is 47.9 Å². The average Bonchev–Trinajstić information content (AvgIpc) is 3.38. The second-order valence-electron chi connectivity index (χ2n) is 16.8. The van der Waals surface area contributed by atoms with Crippen molar-refractivity contribution in [1.29, 1.82) is 0 Å². The van der Waals surface area contributed by atoms with Crippen molar-refractivity contribution in [1.82, 2.24) is 29.8 Å². The van der Waals surface area contributed by atoms with Crippen LogP contribution in [0, 0.1) is 0 Å². The fraction of sp³-hybridized carbons (Fsp3) is 0.423. The zero-order valence-corrected chi connectivity index (χ0v) is 41.5. The molecule has 0 aliphatic heterocycles. The van der Waals surface area contributed by atoms with E-state index in [0.717, 1.165) is 18.4 Å². The van der Waals surface area contributed by atoms with Crippen LogP contribution in [0.15, 0.2) is 97.1 Å². The predicted molar refractivity (Wildman–Crippen MR) is 269 cm³/mol. The topological polar surface area (TPSA) is 246 Å². The summed E-state index contributed by atoms with van der Waals surface area (Å²) < 4.78 is 21.3. The number of hydrogen-bond acceptors (Lipinski definition) is 13. The van der Waals surface area contributed by atoms with Crippen molar-refractivity contribution in [2.45, 2.75) is 51.9 Å². The number of unbranched alkanes of at least 4 members (excludes halogenated alkanes) is 2. The molecule has 0 fully saturated rings. The van der Waals surface area contributed by atoms with E-state index >= 15 is 0 Å². The minimum Gasteiger partial charge on any atom is -0.497 e. The normalized spacial score (nSPS) is 10.7. The SMILES string of the molecule is COc1ccc(CN(CC(N)=O)C(=O)CN(Cc2ccc(OC)cc2)C(=O)CN(CCCCN)C(=O)CN(Cc2ccc(OC)cc2)C(=O)CN(Cc2ccc(OC)cc2)C(=O)CNCCCCN)cc1. The molecule has 4 aromatic carbocycles. The molecule has 0 atom stereocenters. The van der Waals surface area contributed by atoms with Crippen molar-refractivity contribution in [3.63, 3.8) is 0 Å². The number of nitrogens with two attached hydrogens (primary N) is 3. The van der Waals surface area contributed by atoms with Gasteiger partial charge in [0.25, 0.3) is 0 Å². The summed E-state index contributed by atoms with van der Waals surface area (Å²) in [6.07, 6.45) is 2.54. The summed E-state index contributed by atoms with van der Waals surface area (Å²) in [7, 11) is 6.17. The summed E-state index contributed by atoms with van der Waals surface area (Å²) in [4.78, 5) is 90.9. The summed E-state index contributed by atoms with van der Waals surface area (Å²) in [5, 5.41) is 3.15. The quantitative estimate of drug-likeness (QED) is 0.0515. The van der Waals surface area contributed by atoms with Gasteiger partial charge in [-0.3, -0.25) is 28.8 Å². The molecule has 19 heteroatoms. The maximum Gasteiger partial charge on any atom is 0.242 e. The third-order valence-electron chi connectivity index (χ3n) is 11.5. The molecular weight excluding hydrogens is 911 g/mol. The maximum atomic E-state index is 14.7. The van der Waals surface area contributed by atoms with E-state index in [1.54, 1.807) is 99.1 Å². The van der Waals surface area contributed by atoms with Crippen LogP contribution in [0.25, 0.3) is 0 Å². The Hall–Kier alpha value is -7.22. The third kappa shape index (κ3) is 19.6. The first-order chi connectivity index (χ1) is 34.3. The van der Waals surface area contributed by atoms with Crippen molar-refractivity contribution in [2.75, 3.05) is 93.9 Å². The molecule has 0 unspecified atom stereocenters. The largest absolute Gasteiger partial charge is 0.497 e. The highest BCUT2D eigenvalue weighted by molar-refractivity contribution is 5.92. The highest BCUT2D eigenvalue weighted by Gasteiger charge is 2.29. The molecule has 0 aromatic heterocycles. The monoisotopic (exact) mass is 982 g/mol. The molecule has 0 spiro atoms. The molecule has 384 valence electrons. The summed E-state index contributed by atoms with van der Waals surface area (Å²) in [5.41, 5.74) is 20.0. The van der Waals surface area contributed by atoms with Crippen molar-refractivity contribution in [3.05, 3.63) is 119 Å².